The van der Waals surface area contributed by atoms with E-state index in [0.717, 1.165) is 41.2 Å². The van der Waals surface area contributed by atoms with Crippen molar-refractivity contribution >= 4 is 5.69 Å². The van der Waals surface area contributed by atoms with Gasteiger partial charge in [0.25, 0.3) is 0 Å². The van der Waals surface area contributed by atoms with Gasteiger partial charge in [0.05, 0.1) is 18.2 Å². The molecule has 0 bridgehead atoms. The molecule has 0 radical (unpaired) electrons. The number of ether oxygens (including phenoxy) is 1. The summed E-state index contributed by atoms with van der Waals surface area (Å²) in [5.41, 5.74) is 3.07. The van der Waals surface area contributed by atoms with Crippen molar-refractivity contribution in [2.45, 2.75) is 31.7 Å². The Bertz CT molecular complexity index is 1020. The van der Waals surface area contributed by atoms with E-state index < -0.39 is 17.8 Å². The molecule has 2 aromatic carbocycles. The lowest BCUT2D eigenvalue weighted by Gasteiger charge is -2.24. The molecule has 0 saturated carbocycles. The molecule has 1 fully saturated rings. The molecule has 1 N–H and O–H groups in total. The molecular formula is C24H23F3N2O2. The quantitative estimate of drug-likeness (QED) is 0.585. The SMILES string of the molecule is CC(O)c1cc(-c2ccccc2)ccc1N1CCC(Oc2ccc(C(F)(F)F)cn2)C1. The highest BCUT2D eigenvalue weighted by Crippen LogP contribution is 2.34. The van der Waals surface area contributed by atoms with Crippen LogP contribution >= 0.6 is 0 Å². The predicted molar refractivity (Wildman–Crippen MR) is 113 cm³/mol. The molecule has 2 unspecified atom stereocenters. The fourth-order valence-electron chi connectivity index (χ4n) is 3.82. The smallest absolute Gasteiger partial charge is 0.417 e. The van der Waals surface area contributed by atoms with Crippen LogP contribution in [0.1, 0.15) is 30.6 Å². The minimum absolute atomic E-state index is 0.176. The number of halogens is 3. The van der Waals surface area contributed by atoms with E-state index in [9.17, 15) is 18.3 Å². The third-order valence-corrected chi connectivity index (χ3v) is 5.42. The van der Waals surface area contributed by atoms with Gasteiger partial charge in [0, 0.05) is 36.5 Å². The van der Waals surface area contributed by atoms with Crippen molar-refractivity contribution in [2.75, 3.05) is 18.0 Å². The fraction of sp³-hybridized carbons (Fsp3) is 0.292. The summed E-state index contributed by atoms with van der Waals surface area (Å²) in [5.74, 6) is 0.176. The van der Waals surface area contributed by atoms with Gasteiger partial charge in [-0.05, 0) is 36.2 Å². The van der Waals surface area contributed by atoms with Crippen LogP contribution in [-0.2, 0) is 6.18 Å². The average Bonchev–Trinajstić information content (AvgIpc) is 3.22. The molecule has 162 valence electrons. The van der Waals surface area contributed by atoms with Crippen molar-refractivity contribution in [3.05, 3.63) is 78.0 Å². The van der Waals surface area contributed by atoms with Gasteiger partial charge in [-0.25, -0.2) is 4.98 Å². The van der Waals surface area contributed by atoms with Crippen molar-refractivity contribution in [2.24, 2.45) is 0 Å². The van der Waals surface area contributed by atoms with E-state index in [1.807, 2.05) is 48.5 Å². The maximum atomic E-state index is 12.7. The second-order valence-corrected chi connectivity index (χ2v) is 7.67. The highest BCUT2D eigenvalue weighted by Gasteiger charge is 2.31. The van der Waals surface area contributed by atoms with E-state index >= 15 is 0 Å². The Balaban J connectivity index is 1.48. The van der Waals surface area contributed by atoms with E-state index in [1.165, 1.54) is 6.07 Å². The Kier molecular flexibility index (Phi) is 5.87. The Labute approximate surface area is 178 Å². The van der Waals surface area contributed by atoms with E-state index in [4.69, 9.17) is 4.74 Å². The number of rotatable bonds is 5. The first-order valence-corrected chi connectivity index (χ1v) is 10.1. The van der Waals surface area contributed by atoms with Gasteiger partial charge >= 0.3 is 6.18 Å². The first-order valence-electron chi connectivity index (χ1n) is 10.1. The fourth-order valence-corrected chi connectivity index (χ4v) is 3.82. The number of nitrogens with zero attached hydrogens (tertiary/aromatic N) is 2. The van der Waals surface area contributed by atoms with Gasteiger partial charge in [-0.15, -0.1) is 0 Å². The zero-order chi connectivity index (χ0) is 22.0. The molecule has 1 saturated heterocycles. The van der Waals surface area contributed by atoms with E-state index in [0.29, 0.717) is 13.0 Å². The van der Waals surface area contributed by atoms with Gasteiger partial charge in [-0.1, -0.05) is 36.4 Å². The lowest BCUT2D eigenvalue weighted by atomic mass is 9.99. The van der Waals surface area contributed by atoms with Crippen LogP contribution in [0.15, 0.2) is 66.9 Å². The average molecular weight is 428 g/mol. The maximum absolute atomic E-state index is 12.7. The third-order valence-electron chi connectivity index (χ3n) is 5.42. The molecule has 2 heterocycles. The van der Waals surface area contributed by atoms with Crippen LogP contribution in [0.5, 0.6) is 5.88 Å². The first kappa shape index (κ1) is 21.2. The van der Waals surface area contributed by atoms with Crippen LogP contribution in [0, 0.1) is 0 Å². The molecule has 1 aliphatic rings. The summed E-state index contributed by atoms with van der Waals surface area (Å²) in [7, 11) is 0. The summed E-state index contributed by atoms with van der Waals surface area (Å²) in [6.45, 7) is 3.02. The highest BCUT2D eigenvalue weighted by molar-refractivity contribution is 5.69. The predicted octanol–water partition coefficient (Wildman–Crippen LogP) is 5.48. The van der Waals surface area contributed by atoms with Gasteiger partial charge in [0.2, 0.25) is 5.88 Å². The lowest BCUT2D eigenvalue weighted by Crippen LogP contribution is -2.26. The molecule has 0 aliphatic carbocycles. The summed E-state index contributed by atoms with van der Waals surface area (Å²) in [6.07, 6.45) is -3.76. The molecular weight excluding hydrogens is 405 g/mol. The van der Waals surface area contributed by atoms with Crippen molar-refractivity contribution < 1.29 is 23.0 Å². The van der Waals surface area contributed by atoms with Crippen molar-refractivity contribution in [1.29, 1.82) is 0 Å². The standard InChI is InChI=1S/C24H23F3N2O2/c1-16(30)21-13-18(17-5-3-2-4-6-17)7-9-22(21)29-12-11-20(15-29)31-23-10-8-19(14-28-23)24(25,26)27/h2-10,13-14,16,20,30H,11-12,15H2,1H3. The van der Waals surface area contributed by atoms with Crippen LogP contribution in [0.4, 0.5) is 18.9 Å². The molecule has 0 amide bonds. The van der Waals surface area contributed by atoms with Crippen LogP contribution in [0.3, 0.4) is 0 Å². The number of benzene rings is 2. The molecule has 7 heteroatoms. The minimum Gasteiger partial charge on any atom is -0.472 e. The van der Waals surface area contributed by atoms with Gasteiger partial charge < -0.3 is 14.7 Å². The Hall–Kier alpha value is -3.06. The second-order valence-electron chi connectivity index (χ2n) is 7.67. The summed E-state index contributed by atoms with van der Waals surface area (Å²) < 4.78 is 43.9. The molecule has 3 aromatic rings. The van der Waals surface area contributed by atoms with Crippen LogP contribution in [0.25, 0.3) is 11.1 Å². The molecule has 31 heavy (non-hydrogen) atoms. The van der Waals surface area contributed by atoms with Gasteiger partial charge in [0.15, 0.2) is 0 Å². The number of alkyl halides is 3. The molecule has 4 rings (SSSR count). The number of hydrogen-bond donors (Lipinski definition) is 1. The minimum atomic E-state index is -4.42. The van der Waals surface area contributed by atoms with Crippen LogP contribution < -0.4 is 9.64 Å². The van der Waals surface area contributed by atoms with Crippen molar-refractivity contribution in [3.63, 3.8) is 0 Å². The largest absolute Gasteiger partial charge is 0.472 e. The monoisotopic (exact) mass is 428 g/mol. The number of anilines is 1. The second kappa shape index (κ2) is 8.59. The summed E-state index contributed by atoms with van der Waals surface area (Å²) in [4.78, 5) is 5.93. The number of pyridine rings is 1. The number of aliphatic hydroxyl groups excluding tert-OH is 1. The van der Waals surface area contributed by atoms with E-state index in [1.54, 1.807) is 6.92 Å². The Morgan fingerprint density at radius 2 is 1.84 bits per heavy atom. The van der Waals surface area contributed by atoms with Gasteiger partial charge in [-0.3, -0.25) is 0 Å². The number of hydrogen-bond acceptors (Lipinski definition) is 4. The van der Waals surface area contributed by atoms with Crippen molar-refractivity contribution in [1.82, 2.24) is 4.98 Å². The lowest BCUT2D eigenvalue weighted by molar-refractivity contribution is -0.137. The number of aliphatic hydroxyl groups is 1. The maximum Gasteiger partial charge on any atom is 0.417 e. The van der Waals surface area contributed by atoms with E-state index in [-0.39, 0.29) is 12.0 Å². The normalized spacial score (nSPS) is 17.6. The molecule has 1 aromatic heterocycles. The van der Waals surface area contributed by atoms with Gasteiger partial charge in [-0.2, -0.15) is 13.2 Å². The molecule has 2 atom stereocenters. The highest BCUT2D eigenvalue weighted by atomic mass is 19.4. The van der Waals surface area contributed by atoms with Gasteiger partial charge in [0.1, 0.15) is 6.10 Å². The Morgan fingerprint density at radius 3 is 2.48 bits per heavy atom. The zero-order valence-electron chi connectivity index (χ0n) is 17.0. The summed E-state index contributed by atoms with van der Waals surface area (Å²) >= 11 is 0. The Morgan fingerprint density at radius 1 is 1.06 bits per heavy atom. The number of aromatic nitrogens is 1. The molecule has 0 spiro atoms. The first-order chi connectivity index (χ1) is 14.8. The van der Waals surface area contributed by atoms with Crippen LogP contribution in [0.2, 0.25) is 0 Å². The molecule has 1 aliphatic heterocycles. The summed E-state index contributed by atoms with van der Waals surface area (Å²) in [5, 5.41) is 10.4. The topological polar surface area (TPSA) is 45.6 Å². The molecule has 4 nitrogen and oxygen atoms in total. The van der Waals surface area contributed by atoms with Crippen LogP contribution in [-0.4, -0.2) is 29.3 Å². The zero-order valence-corrected chi connectivity index (χ0v) is 17.0. The third kappa shape index (κ3) is 4.82. The van der Waals surface area contributed by atoms with Crippen molar-refractivity contribution in [3.8, 4) is 17.0 Å². The van der Waals surface area contributed by atoms with E-state index in [2.05, 4.69) is 9.88 Å². The summed E-state index contributed by atoms with van der Waals surface area (Å²) in [6, 6.07) is 18.2.